The fourth-order valence-corrected chi connectivity index (χ4v) is 0.513. The van der Waals surface area contributed by atoms with E-state index >= 15 is 0 Å². The molecule has 1 N–H and O–H groups in total. The summed E-state index contributed by atoms with van der Waals surface area (Å²) >= 11 is 0. The number of hydrogen-bond donors (Lipinski definition) is 1. The minimum absolute atomic E-state index is 0.185. The average molecular weight is 144 g/mol. The molecule has 0 unspecified atom stereocenters. The maximum atomic E-state index is 10.6. The number of hydrogen-bond acceptors (Lipinski definition) is 4. The minimum Gasteiger partial charge on any atom is -0.411 e. The van der Waals surface area contributed by atoms with Gasteiger partial charge in [-0.3, -0.25) is 4.79 Å². The third-order valence-corrected chi connectivity index (χ3v) is 0.993. The topological polar surface area (TPSA) is 52.9 Å². The Balaban J connectivity index is 3.99. The largest absolute Gasteiger partial charge is 0.411 e. The van der Waals surface area contributed by atoms with Crippen LogP contribution >= 0.6 is 0 Å². The molecule has 0 spiro atoms. The summed E-state index contributed by atoms with van der Waals surface area (Å²) < 4.78 is 0. The third-order valence-electron chi connectivity index (χ3n) is 0.993. The van der Waals surface area contributed by atoms with Crippen LogP contribution in [0.3, 0.4) is 0 Å². The van der Waals surface area contributed by atoms with E-state index in [0.717, 1.165) is 0 Å². The molecule has 4 heteroatoms. The zero-order valence-corrected chi connectivity index (χ0v) is 6.46. The van der Waals surface area contributed by atoms with Gasteiger partial charge < -0.3 is 10.1 Å². The number of oxime groups is 1. The van der Waals surface area contributed by atoms with Crippen LogP contribution in [0.25, 0.3) is 0 Å². The standard InChI is InChI=1S/C6H12N2O2/c1-5(9)6(7-10)4-8(2)3/h10H,4H2,1-3H3/b7-6-. The Kier molecular flexibility index (Phi) is 3.64. The summed E-state index contributed by atoms with van der Waals surface area (Å²) in [4.78, 5) is 12.4. The van der Waals surface area contributed by atoms with E-state index in [1.807, 2.05) is 0 Å². The Hall–Kier alpha value is -0.900. The summed E-state index contributed by atoms with van der Waals surface area (Å²) in [5.74, 6) is -0.198. The maximum absolute atomic E-state index is 10.6. The van der Waals surface area contributed by atoms with Crippen LogP contribution in [-0.2, 0) is 4.79 Å². The van der Waals surface area contributed by atoms with Gasteiger partial charge in [0.15, 0.2) is 5.78 Å². The molecular formula is C6H12N2O2. The highest BCUT2D eigenvalue weighted by Gasteiger charge is 2.06. The van der Waals surface area contributed by atoms with E-state index in [1.165, 1.54) is 6.92 Å². The molecule has 4 nitrogen and oxygen atoms in total. The lowest BCUT2D eigenvalue weighted by atomic mass is 10.2. The van der Waals surface area contributed by atoms with Crippen LogP contribution in [-0.4, -0.2) is 42.2 Å². The first kappa shape index (κ1) is 9.10. The van der Waals surface area contributed by atoms with Crippen molar-refractivity contribution in [3.05, 3.63) is 0 Å². The Morgan fingerprint density at radius 3 is 2.20 bits per heavy atom. The molecule has 0 radical (unpaired) electrons. The fourth-order valence-electron chi connectivity index (χ4n) is 0.513. The summed E-state index contributed by atoms with van der Waals surface area (Å²) in [6.07, 6.45) is 0. The molecule has 0 aromatic carbocycles. The molecule has 0 bridgehead atoms. The number of carbonyl (C=O) groups is 1. The molecular weight excluding hydrogens is 132 g/mol. The van der Waals surface area contributed by atoms with E-state index < -0.39 is 0 Å². The van der Waals surface area contributed by atoms with Crippen LogP contribution in [0.1, 0.15) is 6.92 Å². The third kappa shape index (κ3) is 3.19. The molecule has 0 fully saturated rings. The smallest absolute Gasteiger partial charge is 0.178 e. The molecule has 0 saturated carbocycles. The highest BCUT2D eigenvalue weighted by Crippen LogP contribution is 1.83. The van der Waals surface area contributed by atoms with Gasteiger partial charge in [-0.15, -0.1) is 0 Å². The van der Waals surface area contributed by atoms with E-state index in [-0.39, 0.29) is 11.5 Å². The number of nitrogens with zero attached hydrogens (tertiary/aromatic N) is 2. The van der Waals surface area contributed by atoms with Gasteiger partial charge in [0.1, 0.15) is 5.71 Å². The normalized spacial score (nSPS) is 12.2. The van der Waals surface area contributed by atoms with Gasteiger partial charge in [0.2, 0.25) is 0 Å². The lowest BCUT2D eigenvalue weighted by molar-refractivity contribution is -0.111. The molecule has 0 aliphatic rings. The van der Waals surface area contributed by atoms with Gasteiger partial charge in [-0.2, -0.15) is 0 Å². The Morgan fingerprint density at radius 1 is 1.60 bits per heavy atom. The number of rotatable bonds is 3. The monoisotopic (exact) mass is 144 g/mol. The van der Waals surface area contributed by atoms with E-state index in [9.17, 15) is 4.79 Å². The number of Topliss-reactive ketones (excluding diaryl/α,β-unsaturated/α-hetero) is 1. The number of carbonyl (C=O) groups excluding carboxylic acids is 1. The average Bonchev–Trinajstić information content (AvgIpc) is 1.81. The highest BCUT2D eigenvalue weighted by molar-refractivity contribution is 6.39. The highest BCUT2D eigenvalue weighted by atomic mass is 16.4. The maximum Gasteiger partial charge on any atom is 0.178 e. The second-order valence-electron chi connectivity index (χ2n) is 2.34. The lowest BCUT2D eigenvalue weighted by Gasteiger charge is -2.07. The summed E-state index contributed by atoms with van der Waals surface area (Å²) in [6.45, 7) is 1.75. The SMILES string of the molecule is CC(=O)/C(CN(C)C)=N\O. The first-order chi connectivity index (χ1) is 4.57. The van der Waals surface area contributed by atoms with Crippen molar-refractivity contribution in [2.45, 2.75) is 6.92 Å². The van der Waals surface area contributed by atoms with Crippen molar-refractivity contribution in [2.75, 3.05) is 20.6 Å². The molecule has 0 aliphatic carbocycles. The van der Waals surface area contributed by atoms with E-state index in [2.05, 4.69) is 5.16 Å². The van der Waals surface area contributed by atoms with E-state index in [1.54, 1.807) is 19.0 Å². The van der Waals surface area contributed by atoms with Crippen molar-refractivity contribution in [3.63, 3.8) is 0 Å². The van der Waals surface area contributed by atoms with Crippen LogP contribution in [0.2, 0.25) is 0 Å². The van der Waals surface area contributed by atoms with Crippen LogP contribution in [0.15, 0.2) is 5.16 Å². The Bertz CT molecular complexity index is 152. The minimum atomic E-state index is -0.198. The Labute approximate surface area is 60.1 Å². The van der Waals surface area contributed by atoms with Crippen LogP contribution in [0.5, 0.6) is 0 Å². The summed E-state index contributed by atoms with van der Waals surface area (Å²) in [7, 11) is 3.60. The molecule has 0 heterocycles. The molecule has 0 saturated heterocycles. The summed E-state index contributed by atoms with van der Waals surface area (Å²) in [5.41, 5.74) is 0.185. The molecule has 0 aromatic rings. The molecule has 10 heavy (non-hydrogen) atoms. The molecule has 0 aliphatic heterocycles. The zero-order valence-electron chi connectivity index (χ0n) is 6.46. The predicted molar refractivity (Wildman–Crippen MR) is 38.5 cm³/mol. The van der Waals surface area contributed by atoms with Crippen LogP contribution in [0, 0.1) is 0 Å². The van der Waals surface area contributed by atoms with Crippen molar-refractivity contribution in [1.29, 1.82) is 0 Å². The summed E-state index contributed by atoms with van der Waals surface area (Å²) in [6, 6.07) is 0. The molecule has 58 valence electrons. The first-order valence-electron chi connectivity index (χ1n) is 2.94. The van der Waals surface area contributed by atoms with Crippen molar-refractivity contribution in [3.8, 4) is 0 Å². The fraction of sp³-hybridized carbons (Fsp3) is 0.667. The van der Waals surface area contributed by atoms with Gasteiger partial charge in [-0.05, 0) is 14.1 Å². The van der Waals surface area contributed by atoms with Gasteiger partial charge in [0.05, 0.1) is 0 Å². The Morgan fingerprint density at radius 2 is 2.10 bits per heavy atom. The van der Waals surface area contributed by atoms with Gasteiger partial charge in [-0.1, -0.05) is 5.16 Å². The van der Waals surface area contributed by atoms with Gasteiger partial charge in [0, 0.05) is 13.5 Å². The van der Waals surface area contributed by atoms with Crippen molar-refractivity contribution >= 4 is 11.5 Å². The second-order valence-corrected chi connectivity index (χ2v) is 2.34. The van der Waals surface area contributed by atoms with Crippen molar-refractivity contribution in [1.82, 2.24) is 4.90 Å². The van der Waals surface area contributed by atoms with Crippen LogP contribution in [0.4, 0.5) is 0 Å². The van der Waals surface area contributed by atoms with Gasteiger partial charge >= 0.3 is 0 Å². The van der Waals surface area contributed by atoms with Gasteiger partial charge in [-0.25, -0.2) is 0 Å². The van der Waals surface area contributed by atoms with Crippen molar-refractivity contribution < 1.29 is 10.0 Å². The van der Waals surface area contributed by atoms with E-state index in [4.69, 9.17) is 5.21 Å². The zero-order chi connectivity index (χ0) is 8.15. The second kappa shape index (κ2) is 4.00. The number of ketones is 1. The van der Waals surface area contributed by atoms with Gasteiger partial charge in [0.25, 0.3) is 0 Å². The molecule has 0 atom stereocenters. The lowest BCUT2D eigenvalue weighted by Crippen LogP contribution is -2.26. The predicted octanol–water partition coefficient (Wildman–Crippen LogP) is -0.0328. The first-order valence-corrected chi connectivity index (χ1v) is 2.94. The molecule has 0 rings (SSSR count). The quantitative estimate of drug-likeness (QED) is 0.344. The summed E-state index contributed by atoms with van der Waals surface area (Å²) in [5, 5.41) is 11.1. The molecule has 0 amide bonds. The van der Waals surface area contributed by atoms with E-state index in [0.29, 0.717) is 6.54 Å². The van der Waals surface area contributed by atoms with Crippen LogP contribution < -0.4 is 0 Å². The van der Waals surface area contributed by atoms with Crippen molar-refractivity contribution in [2.24, 2.45) is 5.16 Å². The molecule has 0 aromatic heterocycles.